The lowest BCUT2D eigenvalue weighted by molar-refractivity contribution is -0.0886. The predicted octanol–water partition coefficient (Wildman–Crippen LogP) is 1.21. The maximum atomic E-state index is 5.40. The van der Waals surface area contributed by atoms with E-state index in [9.17, 15) is 0 Å². The van der Waals surface area contributed by atoms with Crippen molar-refractivity contribution in [2.24, 2.45) is 0 Å². The highest BCUT2D eigenvalue weighted by Crippen LogP contribution is 2.20. The van der Waals surface area contributed by atoms with E-state index in [1.165, 1.54) is 5.57 Å². The van der Waals surface area contributed by atoms with E-state index in [2.05, 4.69) is 6.20 Å². The second kappa shape index (κ2) is 4.48. The minimum atomic E-state index is -0.0996. The first-order valence-corrected chi connectivity index (χ1v) is 4.34. The maximum absolute atomic E-state index is 5.40. The van der Waals surface area contributed by atoms with Gasteiger partial charge in [0, 0.05) is 32.5 Å². The lowest BCUT2D eigenvalue weighted by Gasteiger charge is -2.13. The minimum Gasteiger partial charge on any atom is -0.383 e. The van der Waals surface area contributed by atoms with E-state index in [-0.39, 0.29) is 6.29 Å². The van der Waals surface area contributed by atoms with Gasteiger partial charge in [0.05, 0.1) is 6.61 Å². The molecule has 1 aliphatic heterocycles. The zero-order valence-electron chi connectivity index (χ0n) is 8.04. The van der Waals surface area contributed by atoms with Crippen LogP contribution in [0.3, 0.4) is 0 Å². The van der Waals surface area contributed by atoms with E-state index in [4.69, 9.17) is 9.47 Å². The molecule has 0 bridgehead atoms. The van der Waals surface area contributed by atoms with Crippen molar-refractivity contribution in [1.29, 1.82) is 0 Å². The number of hydrogen-bond acceptors (Lipinski definition) is 3. The summed E-state index contributed by atoms with van der Waals surface area (Å²) in [6.07, 6.45) is 2.97. The summed E-state index contributed by atoms with van der Waals surface area (Å²) in [5.41, 5.74) is 1.24. The Bertz CT molecular complexity index is 166. The Labute approximate surface area is 74.0 Å². The van der Waals surface area contributed by atoms with Crippen LogP contribution < -0.4 is 0 Å². The number of ether oxygens (including phenoxy) is 2. The first-order chi connectivity index (χ1) is 5.74. The number of nitrogens with zero attached hydrogens (tertiary/aromatic N) is 1. The third kappa shape index (κ3) is 2.50. The van der Waals surface area contributed by atoms with Crippen LogP contribution in [-0.4, -0.2) is 38.5 Å². The quantitative estimate of drug-likeness (QED) is 0.637. The minimum absolute atomic E-state index is 0.0996. The zero-order valence-corrected chi connectivity index (χ0v) is 8.04. The van der Waals surface area contributed by atoms with Gasteiger partial charge in [-0.25, -0.2) is 0 Å². The second-order valence-electron chi connectivity index (χ2n) is 3.08. The molecule has 0 amide bonds. The third-order valence-electron chi connectivity index (χ3n) is 1.70. The Hall–Kier alpha value is -0.540. The molecule has 3 nitrogen and oxygen atoms in total. The van der Waals surface area contributed by atoms with Crippen molar-refractivity contribution < 1.29 is 9.47 Å². The number of hydrogen-bond donors (Lipinski definition) is 0. The molecule has 1 aliphatic rings. The van der Waals surface area contributed by atoms with Crippen molar-refractivity contribution in [3.63, 3.8) is 0 Å². The molecule has 0 spiro atoms. The zero-order chi connectivity index (χ0) is 8.97. The summed E-state index contributed by atoms with van der Waals surface area (Å²) < 4.78 is 10.8. The molecule has 1 heterocycles. The molecule has 0 aromatic rings. The molecule has 0 aromatic carbocycles. The summed E-state index contributed by atoms with van der Waals surface area (Å²) in [6.45, 7) is 3.47. The third-order valence-corrected chi connectivity index (χ3v) is 1.70. The molecule has 12 heavy (non-hydrogen) atoms. The summed E-state index contributed by atoms with van der Waals surface area (Å²) >= 11 is 0. The van der Waals surface area contributed by atoms with E-state index >= 15 is 0 Å². The van der Waals surface area contributed by atoms with Gasteiger partial charge >= 0.3 is 0 Å². The van der Waals surface area contributed by atoms with Gasteiger partial charge in [-0.15, -0.1) is 0 Å². The molecular formula is C9H17NO2. The lowest BCUT2D eigenvalue weighted by atomic mass is 10.2. The molecule has 1 unspecified atom stereocenters. The first-order valence-electron chi connectivity index (χ1n) is 4.34. The van der Waals surface area contributed by atoms with E-state index in [1.807, 2.05) is 25.9 Å². The van der Waals surface area contributed by atoms with Gasteiger partial charge < -0.3 is 14.4 Å². The molecule has 1 atom stereocenters. The van der Waals surface area contributed by atoms with Crippen LogP contribution in [-0.2, 0) is 9.47 Å². The average Bonchev–Trinajstić information content (AvgIpc) is 2.37. The summed E-state index contributed by atoms with van der Waals surface area (Å²) in [4.78, 5) is 2.02. The molecule has 1 fully saturated rings. The van der Waals surface area contributed by atoms with Crippen LogP contribution >= 0.6 is 0 Å². The fourth-order valence-electron chi connectivity index (χ4n) is 1.27. The van der Waals surface area contributed by atoms with Crippen molar-refractivity contribution in [2.75, 3.05) is 27.3 Å². The van der Waals surface area contributed by atoms with Crippen LogP contribution in [0.4, 0.5) is 0 Å². The van der Waals surface area contributed by atoms with Crippen LogP contribution in [0.2, 0.25) is 0 Å². The van der Waals surface area contributed by atoms with Crippen molar-refractivity contribution in [3.8, 4) is 0 Å². The molecule has 0 radical (unpaired) electrons. The Kier molecular flexibility index (Phi) is 3.56. The molecule has 70 valence electrons. The molecule has 0 aliphatic carbocycles. The number of rotatable bonds is 3. The van der Waals surface area contributed by atoms with Gasteiger partial charge in [0.1, 0.15) is 0 Å². The van der Waals surface area contributed by atoms with Crippen LogP contribution in [0.5, 0.6) is 0 Å². The van der Waals surface area contributed by atoms with Crippen LogP contribution in [0.1, 0.15) is 13.3 Å². The van der Waals surface area contributed by atoms with Crippen molar-refractivity contribution >= 4 is 0 Å². The molecule has 3 heteroatoms. The lowest BCUT2D eigenvalue weighted by Crippen LogP contribution is -2.14. The van der Waals surface area contributed by atoms with E-state index in [0.717, 1.165) is 13.0 Å². The standard InChI is InChI=1S/C9H17NO2/c1-4-11-9-8(5-6-12-9)7-10(2)3/h7,9H,4-6H2,1-3H3. The molecule has 1 saturated heterocycles. The normalized spacial score (nSPS) is 26.6. The van der Waals surface area contributed by atoms with E-state index in [1.54, 1.807) is 0 Å². The van der Waals surface area contributed by atoms with Gasteiger partial charge in [-0.3, -0.25) is 0 Å². The molecule has 0 saturated carbocycles. The van der Waals surface area contributed by atoms with Crippen molar-refractivity contribution in [2.45, 2.75) is 19.6 Å². The van der Waals surface area contributed by atoms with Crippen LogP contribution in [0.25, 0.3) is 0 Å². The summed E-state index contributed by atoms with van der Waals surface area (Å²) in [5.74, 6) is 0. The van der Waals surface area contributed by atoms with Gasteiger partial charge in [-0.2, -0.15) is 0 Å². The summed E-state index contributed by atoms with van der Waals surface area (Å²) in [5, 5.41) is 0. The Morgan fingerprint density at radius 3 is 3.00 bits per heavy atom. The Balaban J connectivity index is 2.51. The highest BCUT2D eigenvalue weighted by molar-refractivity contribution is 5.07. The average molecular weight is 171 g/mol. The van der Waals surface area contributed by atoms with Crippen LogP contribution in [0, 0.1) is 0 Å². The Morgan fingerprint density at radius 1 is 1.67 bits per heavy atom. The van der Waals surface area contributed by atoms with Gasteiger partial charge in [0.2, 0.25) is 0 Å². The smallest absolute Gasteiger partial charge is 0.181 e. The van der Waals surface area contributed by atoms with Gasteiger partial charge in [0.15, 0.2) is 6.29 Å². The van der Waals surface area contributed by atoms with Gasteiger partial charge in [-0.1, -0.05) is 0 Å². The van der Waals surface area contributed by atoms with Crippen molar-refractivity contribution in [1.82, 2.24) is 4.90 Å². The monoisotopic (exact) mass is 171 g/mol. The maximum Gasteiger partial charge on any atom is 0.181 e. The first kappa shape index (κ1) is 9.55. The second-order valence-corrected chi connectivity index (χ2v) is 3.08. The molecule has 1 rings (SSSR count). The highest BCUT2D eigenvalue weighted by Gasteiger charge is 2.21. The van der Waals surface area contributed by atoms with Crippen molar-refractivity contribution in [3.05, 3.63) is 11.8 Å². The van der Waals surface area contributed by atoms with E-state index < -0.39 is 0 Å². The van der Waals surface area contributed by atoms with Gasteiger partial charge in [0.25, 0.3) is 0 Å². The highest BCUT2D eigenvalue weighted by atomic mass is 16.7. The SMILES string of the molecule is CCOC1OCCC1=CN(C)C. The Morgan fingerprint density at radius 2 is 2.42 bits per heavy atom. The van der Waals surface area contributed by atoms with E-state index in [0.29, 0.717) is 6.61 Å². The molecule has 0 N–H and O–H groups in total. The summed E-state index contributed by atoms with van der Waals surface area (Å²) in [6, 6.07) is 0. The largest absolute Gasteiger partial charge is 0.383 e. The molecule has 0 aromatic heterocycles. The predicted molar refractivity (Wildman–Crippen MR) is 47.8 cm³/mol. The van der Waals surface area contributed by atoms with Crippen LogP contribution in [0.15, 0.2) is 11.8 Å². The topological polar surface area (TPSA) is 21.7 Å². The van der Waals surface area contributed by atoms with Gasteiger partial charge in [-0.05, 0) is 13.3 Å². The molecular weight excluding hydrogens is 154 g/mol. The summed E-state index contributed by atoms with van der Waals surface area (Å²) in [7, 11) is 4.02. The fourth-order valence-corrected chi connectivity index (χ4v) is 1.27. The fraction of sp³-hybridized carbons (Fsp3) is 0.778.